The summed E-state index contributed by atoms with van der Waals surface area (Å²) in [4.78, 5) is 27.6. The van der Waals surface area contributed by atoms with Gasteiger partial charge in [0, 0.05) is 17.1 Å². The number of thiazole rings is 1. The van der Waals surface area contributed by atoms with Crippen LogP contribution in [-0.4, -0.2) is 34.8 Å². The Hall–Kier alpha value is -2.81. The van der Waals surface area contributed by atoms with Crippen molar-refractivity contribution in [3.05, 3.63) is 29.3 Å². The van der Waals surface area contributed by atoms with Crippen molar-refractivity contribution in [1.29, 1.82) is 0 Å². The summed E-state index contributed by atoms with van der Waals surface area (Å²) in [5, 5.41) is 16.8. The molecular weight excluding hydrogens is 346 g/mol. The van der Waals surface area contributed by atoms with Crippen LogP contribution in [0.25, 0.3) is 0 Å². The number of hydrogen-bond donors (Lipinski definition) is 3. The van der Waals surface area contributed by atoms with E-state index in [-0.39, 0.29) is 18.4 Å². The van der Waals surface area contributed by atoms with E-state index in [0.29, 0.717) is 16.6 Å². The highest BCUT2D eigenvalue weighted by Crippen LogP contribution is 2.35. The monoisotopic (exact) mass is 363 g/mol. The number of amides is 1. The van der Waals surface area contributed by atoms with E-state index in [4.69, 9.17) is 14.6 Å². The maximum absolute atomic E-state index is 12.2. The first-order valence-electron chi connectivity index (χ1n) is 7.60. The molecule has 1 amide bonds. The van der Waals surface area contributed by atoms with Crippen molar-refractivity contribution in [2.75, 3.05) is 12.1 Å². The number of ether oxygens (including phenoxy) is 2. The normalized spacial score (nSPS) is 13.6. The first kappa shape index (κ1) is 17.0. The van der Waals surface area contributed by atoms with Gasteiger partial charge in [0.25, 0.3) is 5.91 Å². The number of fused-ring (bicyclic) bond motifs is 1. The Balaban J connectivity index is 1.67. The molecule has 0 saturated carbocycles. The molecule has 9 heteroatoms. The van der Waals surface area contributed by atoms with Crippen molar-refractivity contribution in [3.63, 3.8) is 0 Å². The minimum atomic E-state index is -1.07. The van der Waals surface area contributed by atoms with E-state index >= 15 is 0 Å². The van der Waals surface area contributed by atoms with Crippen molar-refractivity contribution in [3.8, 4) is 11.5 Å². The van der Waals surface area contributed by atoms with Gasteiger partial charge < -0.3 is 25.2 Å². The predicted octanol–water partition coefficient (Wildman–Crippen LogP) is 2.45. The molecule has 25 heavy (non-hydrogen) atoms. The summed E-state index contributed by atoms with van der Waals surface area (Å²) >= 11 is 1.25. The van der Waals surface area contributed by atoms with Crippen LogP contribution in [-0.2, 0) is 4.79 Å². The molecule has 132 valence electrons. The lowest BCUT2D eigenvalue weighted by atomic mass is 10.0. The largest absolute Gasteiger partial charge is 0.480 e. The van der Waals surface area contributed by atoms with Gasteiger partial charge in [0.15, 0.2) is 16.6 Å². The van der Waals surface area contributed by atoms with E-state index in [1.54, 1.807) is 31.4 Å². The lowest BCUT2D eigenvalue weighted by Crippen LogP contribution is -2.44. The summed E-state index contributed by atoms with van der Waals surface area (Å²) in [7, 11) is 0. The van der Waals surface area contributed by atoms with Crippen molar-refractivity contribution in [1.82, 2.24) is 10.3 Å². The van der Waals surface area contributed by atoms with Crippen LogP contribution in [0.3, 0.4) is 0 Å². The molecule has 1 aromatic carbocycles. The van der Waals surface area contributed by atoms with Crippen LogP contribution in [0.1, 0.15) is 24.3 Å². The lowest BCUT2D eigenvalue weighted by molar-refractivity contribution is -0.140. The van der Waals surface area contributed by atoms with Gasteiger partial charge in [-0.15, -0.1) is 11.3 Å². The number of nitrogens with zero attached hydrogens (tertiary/aromatic N) is 1. The van der Waals surface area contributed by atoms with Crippen LogP contribution in [0, 0.1) is 5.92 Å². The highest BCUT2D eigenvalue weighted by atomic mass is 32.1. The summed E-state index contributed by atoms with van der Waals surface area (Å²) < 4.78 is 10.6. The van der Waals surface area contributed by atoms with Crippen LogP contribution in [0.15, 0.2) is 23.6 Å². The van der Waals surface area contributed by atoms with Gasteiger partial charge in [-0.05, 0) is 18.1 Å². The van der Waals surface area contributed by atoms with Crippen LogP contribution in [0.5, 0.6) is 11.5 Å². The molecule has 0 radical (unpaired) electrons. The zero-order chi connectivity index (χ0) is 18.0. The molecule has 3 N–H and O–H groups in total. The number of carboxylic acids is 1. The molecule has 2 aromatic rings. The standard InChI is InChI=1S/C16H17N3O5S/c1-8(2)13(15(21)22)19-14(20)10-6-25-16(18-10)17-9-3-4-11-12(5-9)24-7-23-11/h3-6,8,13H,7H2,1-2H3,(H,17,18)(H,19,20)(H,21,22). The van der Waals surface area contributed by atoms with Gasteiger partial charge in [-0.3, -0.25) is 4.79 Å². The molecular formula is C16H17N3O5S. The molecule has 1 aromatic heterocycles. The Morgan fingerprint density at radius 2 is 2.04 bits per heavy atom. The molecule has 2 heterocycles. The number of rotatable bonds is 6. The molecule has 1 aliphatic rings. The third-order valence-electron chi connectivity index (χ3n) is 3.58. The Morgan fingerprint density at radius 1 is 1.28 bits per heavy atom. The summed E-state index contributed by atoms with van der Waals surface area (Å²) in [6.45, 7) is 3.65. The van der Waals surface area contributed by atoms with E-state index in [0.717, 1.165) is 5.69 Å². The van der Waals surface area contributed by atoms with Gasteiger partial charge in [0.1, 0.15) is 11.7 Å². The molecule has 1 atom stereocenters. The van der Waals surface area contributed by atoms with Gasteiger partial charge in [-0.1, -0.05) is 13.8 Å². The molecule has 0 fully saturated rings. The summed E-state index contributed by atoms with van der Waals surface area (Å²) in [6.07, 6.45) is 0. The number of aromatic nitrogens is 1. The average Bonchev–Trinajstić information content (AvgIpc) is 3.20. The second kappa shape index (κ2) is 6.98. The molecule has 1 aliphatic heterocycles. The number of nitrogens with one attached hydrogen (secondary N) is 2. The fraction of sp³-hybridized carbons (Fsp3) is 0.312. The van der Waals surface area contributed by atoms with Crippen molar-refractivity contribution in [2.24, 2.45) is 5.92 Å². The second-order valence-electron chi connectivity index (χ2n) is 5.76. The van der Waals surface area contributed by atoms with E-state index < -0.39 is 17.9 Å². The first-order chi connectivity index (χ1) is 11.9. The Kier molecular flexibility index (Phi) is 4.75. The lowest BCUT2D eigenvalue weighted by Gasteiger charge is -2.16. The predicted molar refractivity (Wildman–Crippen MR) is 91.7 cm³/mol. The topological polar surface area (TPSA) is 110 Å². The number of carboxylic acid groups (broad SMARTS) is 1. The van der Waals surface area contributed by atoms with E-state index in [9.17, 15) is 9.59 Å². The fourth-order valence-electron chi connectivity index (χ4n) is 2.26. The molecule has 8 nitrogen and oxygen atoms in total. The van der Waals surface area contributed by atoms with Crippen LogP contribution in [0.2, 0.25) is 0 Å². The zero-order valence-corrected chi connectivity index (χ0v) is 14.4. The second-order valence-corrected chi connectivity index (χ2v) is 6.62. The van der Waals surface area contributed by atoms with E-state index in [1.165, 1.54) is 11.3 Å². The third-order valence-corrected chi connectivity index (χ3v) is 4.34. The van der Waals surface area contributed by atoms with E-state index in [1.807, 2.05) is 6.07 Å². The maximum Gasteiger partial charge on any atom is 0.326 e. The number of hydrogen-bond acceptors (Lipinski definition) is 7. The molecule has 0 bridgehead atoms. The fourth-order valence-corrected chi connectivity index (χ4v) is 2.97. The van der Waals surface area contributed by atoms with Crippen LogP contribution < -0.4 is 20.1 Å². The van der Waals surface area contributed by atoms with Crippen molar-refractivity contribution in [2.45, 2.75) is 19.9 Å². The quantitative estimate of drug-likeness (QED) is 0.723. The average molecular weight is 363 g/mol. The van der Waals surface area contributed by atoms with Crippen LogP contribution in [0.4, 0.5) is 10.8 Å². The number of carbonyl (C=O) groups is 2. The van der Waals surface area contributed by atoms with Crippen molar-refractivity contribution < 1.29 is 24.2 Å². The minimum absolute atomic E-state index is 0.167. The SMILES string of the molecule is CC(C)C(NC(=O)c1csc(Nc2ccc3c(c2)OCO3)n1)C(=O)O. The Morgan fingerprint density at radius 3 is 2.76 bits per heavy atom. The number of benzene rings is 1. The maximum atomic E-state index is 12.2. The van der Waals surface area contributed by atoms with Crippen LogP contribution >= 0.6 is 11.3 Å². The highest BCUT2D eigenvalue weighted by Gasteiger charge is 2.25. The van der Waals surface area contributed by atoms with Gasteiger partial charge in [-0.25, -0.2) is 9.78 Å². The van der Waals surface area contributed by atoms with Gasteiger partial charge in [-0.2, -0.15) is 0 Å². The molecule has 0 spiro atoms. The smallest absolute Gasteiger partial charge is 0.326 e. The number of aliphatic carboxylic acids is 1. The van der Waals surface area contributed by atoms with Gasteiger partial charge >= 0.3 is 5.97 Å². The Labute approximate surface area is 147 Å². The molecule has 0 aliphatic carbocycles. The van der Waals surface area contributed by atoms with Crippen molar-refractivity contribution >= 4 is 34.0 Å². The first-order valence-corrected chi connectivity index (χ1v) is 8.48. The summed E-state index contributed by atoms with van der Waals surface area (Å²) in [5.74, 6) is -0.501. The third kappa shape index (κ3) is 3.82. The Bertz CT molecular complexity index is 805. The summed E-state index contributed by atoms with van der Waals surface area (Å²) in [6, 6.07) is 4.42. The minimum Gasteiger partial charge on any atom is -0.480 e. The molecule has 1 unspecified atom stereocenters. The summed E-state index contributed by atoms with van der Waals surface area (Å²) in [5.41, 5.74) is 0.913. The van der Waals surface area contributed by atoms with Gasteiger partial charge in [0.2, 0.25) is 6.79 Å². The van der Waals surface area contributed by atoms with Gasteiger partial charge in [0.05, 0.1) is 0 Å². The zero-order valence-electron chi connectivity index (χ0n) is 13.6. The highest BCUT2D eigenvalue weighted by molar-refractivity contribution is 7.14. The number of anilines is 2. The molecule has 0 saturated heterocycles. The van der Waals surface area contributed by atoms with E-state index in [2.05, 4.69) is 15.6 Å². The number of carbonyl (C=O) groups excluding carboxylic acids is 1. The molecule has 3 rings (SSSR count).